The van der Waals surface area contributed by atoms with E-state index in [2.05, 4.69) is 10.2 Å². The topological polar surface area (TPSA) is 108 Å². The third-order valence-corrected chi connectivity index (χ3v) is 6.07. The van der Waals surface area contributed by atoms with Crippen LogP contribution in [-0.4, -0.2) is 45.8 Å². The van der Waals surface area contributed by atoms with Crippen molar-refractivity contribution in [1.29, 1.82) is 0 Å². The molecule has 2 rings (SSSR count). The van der Waals surface area contributed by atoms with Crippen LogP contribution in [0.15, 0.2) is 5.16 Å². The second-order valence-corrected chi connectivity index (χ2v) is 8.20. The maximum Gasteiger partial charge on any atom is 0.230 e. The number of hydrogen-bond acceptors (Lipinski definition) is 6. The quantitative estimate of drug-likeness (QED) is 0.764. The molecule has 0 bridgehead atoms. The minimum atomic E-state index is -2.95. The minimum Gasteiger partial charge on any atom is -0.369 e. The standard InChI is InChI=1S/C10H16N4O3S2/c1-6(8(11)15)18-10-13-12-9(14(10)2)7-3-4-19(16,17)5-7/h6-7H,3-5H2,1-2H3,(H2,11,15)/t6-,7-/m1/s1. The summed E-state index contributed by atoms with van der Waals surface area (Å²) in [5.41, 5.74) is 5.20. The Labute approximate surface area is 115 Å². The lowest BCUT2D eigenvalue weighted by molar-refractivity contribution is -0.117. The number of aromatic nitrogens is 3. The van der Waals surface area contributed by atoms with E-state index in [1.807, 2.05) is 0 Å². The van der Waals surface area contributed by atoms with Crippen LogP contribution in [0.3, 0.4) is 0 Å². The highest BCUT2D eigenvalue weighted by atomic mass is 32.2. The highest BCUT2D eigenvalue weighted by Crippen LogP contribution is 2.30. The van der Waals surface area contributed by atoms with Gasteiger partial charge in [0.25, 0.3) is 0 Å². The molecule has 0 aliphatic carbocycles. The fourth-order valence-electron chi connectivity index (χ4n) is 2.00. The van der Waals surface area contributed by atoms with Gasteiger partial charge in [0.2, 0.25) is 5.91 Å². The molecule has 1 fully saturated rings. The SMILES string of the molecule is C[C@@H](Sc1nnc([C@@H]2CCS(=O)(=O)C2)n1C)C(N)=O. The van der Waals surface area contributed by atoms with Gasteiger partial charge in [0.15, 0.2) is 15.0 Å². The number of carbonyl (C=O) groups excluding carboxylic acids is 1. The average molecular weight is 304 g/mol. The summed E-state index contributed by atoms with van der Waals surface area (Å²) in [5.74, 6) is 0.443. The second-order valence-electron chi connectivity index (χ2n) is 4.66. The van der Waals surface area contributed by atoms with Crippen molar-refractivity contribution in [3.8, 4) is 0 Å². The largest absolute Gasteiger partial charge is 0.369 e. The maximum absolute atomic E-state index is 11.5. The van der Waals surface area contributed by atoms with Gasteiger partial charge in [-0.05, 0) is 13.3 Å². The van der Waals surface area contributed by atoms with Gasteiger partial charge in [-0.25, -0.2) is 8.42 Å². The van der Waals surface area contributed by atoms with Crippen molar-refractivity contribution in [2.24, 2.45) is 12.8 Å². The van der Waals surface area contributed by atoms with Crippen LogP contribution in [-0.2, 0) is 21.7 Å². The fraction of sp³-hybridized carbons (Fsp3) is 0.700. The van der Waals surface area contributed by atoms with E-state index < -0.39 is 21.0 Å². The van der Waals surface area contributed by atoms with Crippen molar-refractivity contribution >= 4 is 27.5 Å². The van der Waals surface area contributed by atoms with E-state index in [9.17, 15) is 13.2 Å². The molecule has 19 heavy (non-hydrogen) atoms. The lowest BCUT2D eigenvalue weighted by atomic mass is 10.1. The lowest BCUT2D eigenvalue weighted by Gasteiger charge is -2.09. The predicted octanol–water partition coefficient (Wildman–Crippen LogP) is -0.317. The normalized spacial score (nSPS) is 23.4. The molecule has 1 aromatic rings. The Bertz CT molecular complexity index is 596. The summed E-state index contributed by atoms with van der Waals surface area (Å²) in [5, 5.41) is 8.23. The van der Waals surface area contributed by atoms with Crippen LogP contribution >= 0.6 is 11.8 Å². The molecule has 2 N–H and O–H groups in total. The zero-order valence-corrected chi connectivity index (χ0v) is 12.4. The lowest BCUT2D eigenvalue weighted by Crippen LogP contribution is -2.23. The molecular formula is C10H16N4O3S2. The number of primary amides is 1. The Morgan fingerprint density at radius 3 is 2.74 bits per heavy atom. The Kier molecular flexibility index (Phi) is 3.86. The maximum atomic E-state index is 11.5. The average Bonchev–Trinajstić information content (AvgIpc) is 2.83. The first-order chi connectivity index (χ1) is 8.80. The number of carbonyl (C=O) groups is 1. The highest BCUT2D eigenvalue weighted by molar-refractivity contribution is 8.00. The number of nitrogens with zero attached hydrogens (tertiary/aromatic N) is 3. The zero-order chi connectivity index (χ0) is 14.2. The van der Waals surface area contributed by atoms with Gasteiger partial charge in [-0.15, -0.1) is 10.2 Å². The van der Waals surface area contributed by atoms with Gasteiger partial charge in [0.05, 0.1) is 16.8 Å². The summed E-state index contributed by atoms with van der Waals surface area (Å²) in [6.45, 7) is 1.70. The van der Waals surface area contributed by atoms with Crippen molar-refractivity contribution in [2.45, 2.75) is 29.7 Å². The predicted molar refractivity (Wildman–Crippen MR) is 71.5 cm³/mol. The van der Waals surface area contributed by atoms with E-state index in [1.165, 1.54) is 11.8 Å². The molecule has 0 spiro atoms. The third kappa shape index (κ3) is 3.08. The molecule has 2 atom stereocenters. The molecule has 9 heteroatoms. The molecule has 0 aromatic carbocycles. The third-order valence-electron chi connectivity index (χ3n) is 3.15. The van der Waals surface area contributed by atoms with Crippen LogP contribution < -0.4 is 5.73 Å². The van der Waals surface area contributed by atoms with Crippen molar-refractivity contribution in [3.63, 3.8) is 0 Å². The summed E-state index contributed by atoms with van der Waals surface area (Å²) < 4.78 is 24.7. The van der Waals surface area contributed by atoms with Gasteiger partial charge >= 0.3 is 0 Å². The van der Waals surface area contributed by atoms with Crippen LogP contribution in [0.25, 0.3) is 0 Å². The first-order valence-corrected chi connectivity index (χ1v) is 8.56. The Morgan fingerprint density at radius 2 is 2.21 bits per heavy atom. The van der Waals surface area contributed by atoms with Crippen LogP contribution in [0.4, 0.5) is 0 Å². The van der Waals surface area contributed by atoms with E-state index in [-0.39, 0.29) is 17.4 Å². The van der Waals surface area contributed by atoms with Gasteiger partial charge in [0.1, 0.15) is 5.82 Å². The molecule has 106 valence electrons. The van der Waals surface area contributed by atoms with E-state index in [0.717, 1.165) is 0 Å². The number of sulfone groups is 1. The van der Waals surface area contributed by atoms with Crippen molar-refractivity contribution in [3.05, 3.63) is 5.82 Å². The molecule has 1 aliphatic heterocycles. The summed E-state index contributed by atoms with van der Waals surface area (Å²) in [4.78, 5) is 11.0. The fourth-order valence-corrected chi connectivity index (χ4v) is 4.51. The van der Waals surface area contributed by atoms with Gasteiger partial charge < -0.3 is 10.3 Å². The molecule has 1 saturated heterocycles. The number of thioether (sulfide) groups is 1. The minimum absolute atomic E-state index is 0.110. The molecular weight excluding hydrogens is 288 g/mol. The van der Waals surface area contributed by atoms with Crippen LogP contribution in [0, 0.1) is 0 Å². The summed E-state index contributed by atoms with van der Waals surface area (Å²) in [6, 6.07) is 0. The summed E-state index contributed by atoms with van der Waals surface area (Å²) >= 11 is 1.22. The van der Waals surface area contributed by atoms with Crippen LogP contribution in [0.5, 0.6) is 0 Å². The van der Waals surface area contributed by atoms with Gasteiger partial charge in [0, 0.05) is 13.0 Å². The van der Waals surface area contributed by atoms with E-state index in [1.54, 1.807) is 18.5 Å². The van der Waals surface area contributed by atoms with Crippen LogP contribution in [0.1, 0.15) is 25.1 Å². The van der Waals surface area contributed by atoms with Crippen molar-refractivity contribution in [1.82, 2.24) is 14.8 Å². The van der Waals surface area contributed by atoms with Crippen LogP contribution in [0.2, 0.25) is 0 Å². The summed E-state index contributed by atoms with van der Waals surface area (Å²) in [7, 11) is -1.18. The van der Waals surface area contributed by atoms with Gasteiger partial charge in [-0.3, -0.25) is 4.79 Å². The van der Waals surface area contributed by atoms with E-state index in [0.29, 0.717) is 17.4 Å². The summed E-state index contributed by atoms with van der Waals surface area (Å²) in [6.07, 6.45) is 0.574. The number of nitrogens with two attached hydrogens (primary N) is 1. The second kappa shape index (κ2) is 5.12. The van der Waals surface area contributed by atoms with E-state index >= 15 is 0 Å². The number of hydrogen-bond donors (Lipinski definition) is 1. The molecule has 1 aromatic heterocycles. The van der Waals surface area contributed by atoms with E-state index in [4.69, 9.17) is 5.73 Å². The Morgan fingerprint density at radius 1 is 1.53 bits per heavy atom. The molecule has 0 unspecified atom stereocenters. The molecule has 7 nitrogen and oxygen atoms in total. The first kappa shape index (κ1) is 14.3. The van der Waals surface area contributed by atoms with Gasteiger partial charge in [-0.2, -0.15) is 0 Å². The molecule has 1 amide bonds. The monoisotopic (exact) mass is 304 g/mol. The number of rotatable bonds is 4. The van der Waals surface area contributed by atoms with Crippen molar-refractivity contribution in [2.75, 3.05) is 11.5 Å². The molecule has 2 heterocycles. The molecule has 1 aliphatic rings. The smallest absolute Gasteiger partial charge is 0.230 e. The zero-order valence-electron chi connectivity index (χ0n) is 10.7. The number of amides is 1. The van der Waals surface area contributed by atoms with Crippen molar-refractivity contribution < 1.29 is 13.2 Å². The van der Waals surface area contributed by atoms with Gasteiger partial charge in [-0.1, -0.05) is 11.8 Å². The molecule has 0 radical (unpaired) electrons. The Hall–Kier alpha value is -1.09. The molecule has 0 saturated carbocycles. The Balaban J connectivity index is 2.17. The highest BCUT2D eigenvalue weighted by Gasteiger charge is 2.32. The first-order valence-electron chi connectivity index (χ1n) is 5.86.